The summed E-state index contributed by atoms with van der Waals surface area (Å²) in [6.45, 7) is 0. The van der Waals surface area contributed by atoms with Crippen molar-refractivity contribution in [3.8, 4) is 17.6 Å². The maximum absolute atomic E-state index is 12.4. The van der Waals surface area contributed by atoms with Crippen LogP contribution >= 0.6 is 0 Å². The van der Waals surface area contributed by atoms with Gasteiger partial charge in [0.2, 0.25) is 0 Å². The molecule has 0 bridgehead atoms. The molecule has 0 spiro atoms. The lowest BCUT2D eigenvalue weighted by Crippen LogP contribution is -2.17. The Balaban J connectivity index is 2.19. The Morgan fingerprint density at radius 1 is 1.04 bits per heavy atom. The van der Waals surface area contributed by atoms with Crippen molar-refractivity contribution in [1.29, 1.82) is 5.26 Å². The third kappa shape index (κ3) is 4.80. The molecule has 0 radical (unpaired) electrons. The third-order valence-corrected chi connectivity index (χ3v) is 3.71. The zero-order valence-electron chi connectivity index (χ0n) is 15.6. The minimum Gasteiger partial charge on any atom is -0.493 e. The summed E-state index contributed by atoms with van der Waals surface area (Å²) in [5, 5.41) is 14.7. The molecule has 2 aromatic carbocycles. The Kier molecular flexibility index (Phi) is 6.99. The van der Waals surface area contributed by atoms with Crippen LogP contribution < -0.4 is 20.1 Å². The third-order valence-electron chi connectivity index (χ3n) is 3.71. The minimum absolute atomic E-state index is 0.184. The van der Waals surface area contributed by atoms with Crippen molar-refractivity contribution in [3.63, 3.8) is 0 Å². The Labute approximate surface area is 162 Å². The number of carbonyl (C=O) groups excluding carboxylic acids is 2. The Morgan fingerprint density at radius 3 is 2.39 bits per heavy atom. The summed E-state index contributed by atoms with van der Waals surface area (Å²) in [6.07, 6.45) is 1.26. The topological polar surface area (TPSA) is 110 Å². The van der Waals surface area contributed by atoms with Crippen LogP contribution in [0, 0.1) is 11.3 Å². The lowest BCUT2D eigenvalue weighted by molar-refractivity contribution is -0.112. The van der Waals surface area contributed by atoms with Crippen molar-refractivity contribution >= 4 is 23.3 Å². The van der Waals surface area contributed by atoms with Gasteiger partial charge in [-0.2, -0.15) is 5.26 Å². The second-order valence-electron chi connectivity index (χ2n) is 5.38. The molecule has 28 heavy (non-hydrogen) atoms. The molecule has 0 fully saturated rings. The molecule has 2 rings (SSSR count). The molecule has 0 heterocycles. The number of methoxy groups -OCH3 is 3. The molecule has 0 aliphatic heterocycles. The van der Waals surface area contributed by atoms with Gasteiger partial charge >= 0.3 is 5.97 Å². The number of rotatable bonds is 7. The Morgan fingerprint density at radius 2 is 1.75 bits per heavy atom. The van der Waals surface area contributed by atoms with E-state index >= 15 is 0 Å². The maximum Gasteiger partial charge on any atom is 0.339 e. The number of carbonyl (C=O) groups is 2. The predicted molar refractivity (Wildman–Crippen MR) is 103 cm³/mol. The number of nitriles is 1. The van der Waals surface area contributed by atoms with Crippen molar-refractivity contribution in [1.82, 2.24) is 0 Å². The molecule has 0 atom stereocenters. The first kappa shape index (κ1) is 20.3. The number of esters is 1. The Hall–Kier alpha value is -3.99. The van der Waals surface area contributed by atoms with Crippen LogP contribution in [-0.2, 0) is 9.53 Å². The average Bonchev–Trinajstić information content (AvgIpc) is 2.73. The summed E-state index contributed by atoms with van der Waals surface area (Å²) in [5.74, 6) is -0.223. The zero-order valence-corrected chi connectivity index (χ0v) is 15.6. The fraction of sp³-hybridized carbons (Fsp3) is 0.150. The summed E-state index contributed by atoms with van der Waals surface area (Å²) >= 11 is 0. The van der Waals surface area contributed by atoms with Crippen LogP contribution in [-0.4, -0.2) is 33.2 Å². The molecular weight excluding hydrogens is 362 g/mol. The number of para-hydroxylation sites is 1. The van der Waals surface area contributed by atoms with Crippen LogP contribution in [0.2, 0.25) is 0 Å². The molecule has 1 amide bonds. The highest BCUT2D eigenvalue weighted by Crippen LogP contribution is 2.29. The molecule has 0 aromatic heterocycles. The normalized spacial score (nSPS) is 10.4. The number of nitrogens with zero attached hydrogens (tertiary/aromatic N) is 1. The molecule has 2 aromatic rings. The molecule has 8 heteroatoms. The average molecular weight is 381 g/mol. The highest BCUT2D eigenvalue weighted by atomic mass is 16.5. The molecule has 8 nitrogen and oxygen atoms in total. The van der Waals surface area contributed by atoms with E-state index in [0.29, 0.717) is 17.2 Å². The molecule has 0 saturated carbocycles. The van der Waals surface area contributed by atoms with E-state index in [4.69, 9.17) is 9.47 Å². The van der Waals surface area contributed by atoms with Gasteiger partial charge in [0.05, 0.1) is 32.6 Å². The van der Waals surface area contributed by atoms with Gasteiger partial charge in [-0.15, -0.1) is 0 Å². The van der Waals surface area contributed by atoms with Crippen LogP contribution in [0.3, 0.4) is 0 Å². The van der Waals surface area contributed by atoms with Crippen LogP contribution in [0.4, 0.5) is 11.4 Å². The number of anilines is 2. The van der Waals surface area contributed by atoms with Crippen LogP contribution in [0.15, 0.2) is 54.2 Å². The van der Waals surface area contributed by atoms with Crippen LogP contribution in [0.25, 0.3) is 0 Å². The number of nitrogens with one attached hydrogen (secondary N) is 2. The highest BCUT2D eigenvalue weighted by molar-refractivity contribution is 6.09. The lowest BCUT2D eigenvalue weighted by Gasteiger charge is -2.10. The predicted octanol–water partition coefficient (Wildman–Crippen LogP) is 2.95. The van der Waals surface area contributed by atoms with E-state index in [0.717, 1.165) is 0 Å². The van der Waals surface area contributed by atoms with E-state index in [-0.39, 0.29) is 16.8 Å². The van der Waals surface area contributed by atoms with Crippen molar-refractivity contribution in [2.75, 3.05) is 32.0 Å². The van der Waals surface area contributed by atoms with Gasteiger partial charge in [-0.05, 0) is 24.3 Å². The molecule has 0 unspecified atom stereocenters. The first-order valence-corrected chi connectivity index (χ1v) is 8.11. The molecule has 0 aliphatic carbocycles. The molecule has 2 N–H and O–H groups in total. The van der Waals surface area contributed by atoms with Crippen molar-refractivity contribution in [2.24, 2.45) is 0 Å². The van der Waals surface area contributed by atoms with Crippen molar-refractivity contribution < 1.29 is 23.8 Å². The highest BCUT2D eigenvalue weighted by Gasteiger charge is 2.15. The molecule has 144 valence electrons. The van der Waals surface area contributed by atoms with E-state index in [1.807, 2.05) is 6.07 Å². The standard InChI is InChI=1S/C20H19N3O5/c1-26-17-9-8-14(10-18(17)27-2)22-12-13(11-21)19(24)23-16-7-5-4-6-15(16)20(25)28-3/h4-10,12,22H,1-3H3,(H,23,24)/b13-12-. The monoisotopic (exact) mass is 381 g/mol. The number of benzene rings is 2. The van der Waals surface area contributed by atoms with Gasteiger partial charge < -0.3 is 24.8 Å². The van der Waals surface area contributed by atoms with Gasteiger partial charge in [-0.3, -0.25) is 4.79 Å². The molecule has 0 aliphatic rings. The second-order valence-corrected chi connectivity index (χ2v) is 5.38. The summed E-state index contributed by atoms with van der Waals surface area (Å²) in [5.41, 5.74) is 0.831. The fourth-order valence-electron chi connectivity index (χ4n) is 2.30. The largest absolute Gasteiger partial charge is 0.493 e. The molecule has 0 saturated heterocycles. The van der Waals surface area contributed by atoms with E-state index in [2.05, 4.69) is 15.4 Å². The molecular formula is C20H19N3O5. The summed E-state index contributed by atoms with van der Waals surface area (Å²) in [6, 6.07) is 13.2. The number of hydrogen-bond donors (Lipinski definition) is 2. The fourth-order valence-corrected chi connectivity index (χ4v) is 2.30. The zero-order chi connectivity index (χ0) is 20.5. The van der Waals surface area contributed by atoms with E-state index in [1.54, 1.807) is 36.4 Å². The van der Waals surface area contributed by atoms with E-state index < -0.39 is 11.9 Å². The van der Waals surface area contributed by atoms with Gasteiger partial charge in [-0.25, -0.2) is 4.79 Å². The minimum atomic E-state index is -0.674. The number of amides is 1. The van der Waals surface area contributed by atoms with Gasteiger partial charge in [0.1, 0.15) is 11.6 Å². The number of hydrogen-bond acceptors (Lipinski definition) is 7. The first-order valence-electron chi connectivity index (χ1n) is 8.11. The Bertz CT molecular complexity index is 947. The first-order chi connectivity index (χ1) is 13.5. The van der Waals surface area contributed by atoms with Crippen LogP contribution in [0.1, 0.15) is 10.4 Å². The summed E-state index contributed by atoms with van der Waals surface area (Å²) in [7, 11) is 4.27. The van der Waals surface area contributed by atoms with Crippen molar-refractivity contribution in [3.05, 3.63) is 59.8 Å². The van der Waals surface area contributed by atoms with Crippen LogP contribution in [0.5, 0.6) is 11.5 Å². The lowest BCUT2D eigenvalue weighted by atomic mass is 10.1. The second kappa shape index (κ2) is 9.64. The SMILES string of the molecule is COC(=O)c1ccccc1NC(=O)/C(C#N)=C\Nc1ccc(OC)c(OC)c1. The number of ether oxygens (including phenoxy) is 3. The van der Waals surface area contributed by atoms with E-state index in [1.165, 1.54) is 33.6 Å². The van der Waals surface area contributed by atoms with Crippen molar-refractivity contribution in [2.45, 2.75) is 0 Å². The maximum atomic E-state index is 12.4. The van der Waals surface area contributed by atoms with E-state index in [9.17, 15) is 14.9 Å². The van der Waals surface area contributed by atoms with Gasteiger partial charge in [0.15, 0.2) is 11.5 Å². The smallest absolute Gasteiger partial charge is 0.339 e. The van der Waals surface area contributed by atoms with Gasteiger partial charge in [0, 0.05) is 18.0 Å². The summed E-state index contributed by atoms with van der Waals surface area (Å²) in [4.78, 5) is 24.2. The van der Waals surface area contributed by atoms with Gasteiger partial charge in [0.25, 0.3) is 5.91 Å². The van der Waals surface area contributed by atoms with Gasteiger partial charge in [-0.1, -0.05) is 12.1 Å². The summed E-state index contributed by atoms with van der Waals surface area (Å²) < 4.78 is 15.1. The quantitative estimate of drug-likeness (QED) is 0.431.